The second-order valence-electron chi connectivity index (χ2n) is 7.65. The van der Waals surface area contributed by atoms with Crippen molar-refractivity contribution in [3.8, 4) is 11.1 Å². The van der Waals surface area contributed by atoms with Gasteiger partial charge in [-0.05, 0) is 30.5 Å². The van der Waals surface area contributed by atoms with Crippen LogP contribution in [0.3, 0.4) is 0 Å². The van der Waals surface area contributed by atoms with Crippen LogP contribution in [-0.2, 0) is 6.61 Å². The van der Waals surface area contributed by atoms with E-state index in [0.717, 1.165) is 48.2 Å². The normalized spacial score (nSPS) is 15.1. The van der Waals surface area contributed by atoms with Crippen LogP contribution in [0, 0.1) is 0 Å². The Kier molecular flexibility index (Phi) is 4.74. The lowest BCUT2D eigenvalue weighted by Gasteiger charge is -2.34. The van der Waals surface area contributed by atoms with E-state index >= 15 is 0 Å². The van der Waals surface area contributed by atoms with Gasteiger partial charge in [-0.25, -0.2) is 4.98 Å². The molecule has 3 heterocycles. The Morgan fingerprint density at radius 3 is 2.55 bits per heavy atom. The number of aromatic amines is 1. The zero-order valence-electron chi connectivity index (χ0n) is 16.3. The van der Waals surface area contributed by atoms with Crippen LogP contribution in [0.4, 0.5) is 5.82 Å². The predicted octanol–water partition coefficient (Wildman–Crippen LogP) is 4.50. The summed E-state index contributed by atoms with van der Waals surface area (Å²) in [4.78, 5) is 7.18. The fraction of sp³-hybridized carbons (Fsp3) is 0.250. The second kappa shape index (κ2) is 7.68. The van der Waals surface area contributed by atoms with Crippen molar-refractivity contribution in [3.63, 3.8) is 0 Å². The zero-order valence-corrected chi connectivity index (χ0v) is 16.3. The molecule has 0 bridgehead atoms. The highest BCUT2D eigenvalue weighted by Gasteiger charge is 2.26. The number of H-pyrrole nitrogens is 1. The third kappa shape index (κ3) is 3.38. The van der Waals surface area contributed by atoms with Gasteiger partial charge in [-0.15, -0.1) is 0 Å². The highest BCUT2D eigenvalue weighted by Crippen LogP contribution is 2.35. The van der Waals surface area contributed by atoms with Gasteiger partial charge in [-0.2, -0.15) is 5.10 Å². The molecule has 0 atom stereocenters. The number of fused-ring (bicyclic) bond motifs is 1. The van der Waals surface area contributed by atoms with Gasteiger partial charge >= 0.3 is 0 Å². The molecular formula is C24H24N4O. The predicted molar refractivity (Wildman–Crippen MR) is 116 cm³/mol. The lowest BCUT2D eigenvalue weighted by molar-refractivity contribution is 0.281. The van der Waals surface area contributed by atoms with Crippen LogP contribution in [-0.4, -0.2) is 33.4 Å². The van der Waals surface area contributed by atoms with Crippen LogP contribution in [0.2, 0.25) is 0 Å². The number of aliphatic hydroxyl groups is 1. The van der Waals surface area contributed by atoms with Crippen molar-refractivity contribution >= 4 is 16.7 Å². The summed E-state index contributed by atoms with van der Waals surface area (Å²) in [5.74, 6) is 1.36. The van der Waals surface area contributed by atoms with Gasteiger partial charge in [-0.3, -0.25) is 5.10 Å². The maximum Gasteiger partial charge on any atom is 0.134 e. The fourth-order valence-electron chi connectivity index (χ4n) is 4.37. The molecule has 2 aromatic heterocycles. The molecule has 0 spiro atoms. The van der Waals surface area contributed by atoms with Crippen LogP contribution < -0.4 is 4.90 Å². The number of aliphatic hydroxyl groups excluding tert-OH is 1. The molecule has 1 fully saturated rings. The molecular weight excluding hydrogens is 360 g/mol. The molecule has 5 nitrogen and oxygen atoms in total. The van der Waals surface area contributed by atoms with E-state index in [2.05, 4.69) is 45.4 Å². The third-order valence-electron chi connectivity index (χ3n) is 5.91. The van der Waals surface area contributed by atoms with Crippen LogP contribution in [0.5, 0.6) is 0 Å². The molecule has 1 aliphatic heterocycles. The summed E-state index contributed by atoms with van der Waals surface area (Å²) < 4.78 is 0. The minimum Gasteiger partial charge on any atom is -0.392 e. The fourth-order valence-corrected chi connectivity index (χ4v) is 4.37. The molecule has 1 saturated heterocycles. The number of pyridine rings is 1. The molecule has 4 aromatic rings. The maximum atomic E-state index is 9.89. The number of anilines is 1. The number of nitrogens with one attached hydrogen (secondary N) is 1. The van der Waals surface area contributed by atoms with Gasteiger partial charge < -0.3 is 10.0 Å². The molecule has 2 N–H and O–H groups in total. The Labute approximate surface area is 170 Å². The topological polar surface area (TPSA) is 65.0 Å². The van der Waals surface area contributed by atoms with E-state index in [4.69, 9.17) is 4.98 Å². The molecule has 2 aromatic carbocycles. The number of rotatable bonds is 4. The van der Waals surface area contributed by atoms with E-state index in [1.54, 1.807) is 0 Å². The van der Waals surface area contributed by atoms with Crippen molar-refractivity contribution in [2.24, 2.45) is 0 Å². The summed E-state index contributed by atoms with van der Waals surface area (Å²) in [6, 6.07) is 20.6. The van der Waals surface area contributed by atoms with E-state index in [-0.39, 0.29) is 6.61 Å². The Morgan fingerprint density at radius 1 is 1.00 bits per heavy atom. The number of hydrogen-bond acceptors (Lipinski definition) is 4. The summed E-state index contributed by atoms with van der Waals surface area (Å²) in [5.41, 5.74) is 5.50. The van der Waals surface area contributed by atoms with Gasteiger partial charge in [0, 0.05) is 41.2 Å². The van der Waals surface area contributed by atoms with Crippen LogP contribution in [0.1, 0.15) is 30.0 Å². The number of benzene rings is 2. The summed E-state index contributed by atoms with van der Waals surface area (Å²) in [7, 11) is 0. The Bertz CT molecular complexity index is 1110. The first-order valence-corrected chi connectivity index (χ1v) is 10.2. The second-order valence-corrected chi connectivity index (χ2v) is 7.65. The number of para-hydroxylation sites is 1. The zero-order chi connectivity index (χ0) is 19.6. The van der Waals surface area contributed by atoms with Gasteiger partial charge in [0.25, 0.3) is 0 Å². The quantitative estimate of drug-likeness (QED) is 0.544. The Balaban J connectivity index is 1.38. The van der Waals surface area contributed by atoms with Crippen molar-refractivity contribution in [2.75, 3.05) is 18.0 Å². The lowest BCUT2D eigenvalue weighted by Crippen LogP contribution is -2.34. The Hall–Kier alpha value is -3.18. The van der Waals surface area contributed by atoms with Gasteiger partial charge in [0.15, 0.2) is 0 Å². The lowest BCUT2D eigenvalue weighted by atomic mass is 9.89. The molecule has 5 rings (SSSR count). The first-order valence-electron chi connectivity index (χ1n) is 10.2. The monoisotopic (exact) mass is 384 g/mol. The van der Waals surface area contributed by atoms with E-state index in [1.165, 1.54) is 16.8 Å². The average Bonchev–Trinajstić information content (AvgIpc) is 3.29. The highest BCUT2D eigenvalue weighted by atomic mass is 16.3. The molecule has 0 amide bonds. The van der Waals surface area contributed by atoms with Crippen LogP contribution >= 0.6 is 0 Å². The standard InChI is InChI=1S/C24H24N4O/c29-16-20-14-19-8-4-5-9-22(19)26-24(20)28-12-10-18(11-13-28)23-21(15-25-27-23)17-6-2-1-3-7-17/h1-9,14-15,18,29H,10-13,16H2,(H,25,27). The summed E-state index contributed by atoms with van der Waals surface area (Å²) >= 11 is 0. The Morgan fingerprint density at radius 2 is 1.76 bits per heavy atom. The van der Waals surface area contributed by atoms with Crippen molar-refractivity contribution in [1.82, 2.24) is 15.2 Å². The number of aromatic nitrogens is 3. The number of piperidine rings is 1. The van der Waals surface area contributed by atoms with Gasteiger partial charge in [0.2, 0.25) is 0 Å². The van der Waals surface area contributed by atoms with Gasteiger partial charge in [-0.1, -0.05) is 48.5 Å². The van der Waals surface area contributed by atoms with Crippen molar-refractivity contribution in [3.05, 3.63) is 78.1 Å². The van der Waals surface area contributed by atoms with Crippen molar-refractivity contribution < 1.29 is 5.11 Å². The van der Waals surface area contributed by atoms with E-state index in [0.29, 0.717) is 5.92 Å². The van der Waals surface area contributed by atoms with Crippen molar-refractivity contribution in [2.45, 2.75) is 25.4 Å². The summed E-state index contributed by atoms with van der Waals surface area (Å²) in [6.45, 7) is 1.83. The summed E-state index contributed by atoms with van der Waals surface area (Å²) in [5, 5.41) is 18.5. The molecule has 29 heavy (non-hydrogen) atoms. The average molecular weight is 384 g/mol. The number of hydrogen-bond donors (Lipinski definition) is 2. The molecule has 146 valence electrons. The molecule has 5 heteroatoms. The minimum atomic E-state index is 0.00575. The van der Waals surface area contributed by atoms with E-state index in [9.17, 15) is 5.11 Å². The maximum absolute atomic E-state index is 9.89. The molecule has 0 unspecified atom stereocenters. The van der Waals surface area contributed by atoms with E-state index in [1.807, 2.05) is 36.5 Å². The van der Waals surface area contributed by atoms with Crippen LogP contribution in [0.25, 0.3) is 22.0 Å². The first-order chi connectivity index (χ1) is 14.3. The minimum absolute atomic E-state index is 0.00575. The highest BCUT2D eigenvalue weighted by molar-refractivity contribution is 5.81. The molecule has 0 saturated carbocycles. The first kappa shape index (κ1) is 17.9. The van der Waals surface area contributed by atoms with Crippen LogP contribution in [0.15, 0.2) is 66.9 Å². The molecule has 0 radical (unpaired) electrons. The molecule has 1 aliphatic rings. The van der Waals surface area contributed by atoms with Gasteiger partial charge in [0.05, 0.1) is 18.3 Å². The number of nitrogens with zero attached hydrogens (tertiary/aromatic N) is 3. The molecule has 0 aliphatic carbocycles. The van der Waals surface area contributed by atoms with Gasteiger partial charge in [0.1, 0.15) is 5.82 Å². The third-order valence-corrected chi connectivity index (χ3v) is 5.91. The van der Waals surface area contributed by atoms with Crippen molar-refractivity contribution in [1.29, 1.82) is 0 Å². The smallest absolute Gasteiger partial charge is 0.134 e. The largest absolute Gasteiger partial charge is 0.392 e. The van der Waals surface area contributed by atoms with E-state index < -0.39 is 0 Å². The summed E-state index contributed by atoms with van der Waals surface area (Å²) in [6.07, 6.45) is 3.99. The SMILES string of the molecule is OCc1cc2ccccc2nc1N1CCC(c2[nH]ncc2-c2ccccc2)CC1.